The van der Waals surface area contributed by atoms with Gasteiger partial charge in [-0.1, -0.05) is 61.0 Å². The molecule has 3 rings (SSSR count). The Labute approximate surface area is 245 Å². The summed E-state index contributed by atoms with van der Waals surface area (Å²) in [6.45, 7) is 6.65. The Hall–Kier alpha value is -3.20. The maximum atomic E-state index is 11.7. The van der Waals surface area contributed by atoms with Crippen LogP contribution in [0.5, 0.6) is 0 Å². The molecule has 7 nitrogen and oxygen atoms in total. The van der Waals surface area contributed by atoms with Crippen molar-refractivity contribution in [2.45, 2.75) is 27.2 Å². The average molecular weight is 531 g/mol. The third kappa shape index (κ3) is 12.1. The summed E-state index contributed by atoms with van der Waals surface area (Å²) in [4.78, 5) is 10.5. The summed E-state index contributed by atoms with van der Waals surface area (Å²) < 4.78 is 14.3. The Bertz CT molecular complexity index is 1180. The van der Waals surface area contributed by atoms with Crippen LogP contribution in [0.25, 0.3) is 11.1 Å². The van der Waals surface area contributed by atoms with Crippen LogP contribution in [0.3, 0.4) is 0 Å². The van der Waals surface area contributed by atoms with Gasteiger partial charge >= 0.3 is 35.5 Å². The topological polar surface area (TPSA) is 115 Å². The molecule has 0 radical (unpaired) electrons. The van der Waals surface area contributed by atoms with E-state index in [1.165, 1.54) is 12.3 Å². The van der Waals surface area contributed by atoms with E-state index in [-0.39, 0.29) is 41.5 Å². The van der Waals surface area contributed by atoms with E-state index in [0.29, 0.717) is 42.4 Å². The summed E-state index contributed by atoms with van der Waals surface area (Å²) in [5, 5.41) is 29.6. The average Bonchev–Trinajstić information content (AvgIpc) is 3.26. The van der Waals surface area contributed by atoms with Crippen LogP contribution in [-0.4, -0.2) is 25.8 Å². The maximum Gasteiger partial charge on any atom is 1.00 e. The van der Waals surface area contributed by atoms with Crippen molar-refractivity contribution >= 4 is 28.7 Å². The van der Waals surface area contributed by atoms with Crippen molar-refractivity contribution in [2.24, 2.45) is 0 Å². The molecule has 0 unspecified atom stereocenters. The zero-order valence-corrected chi connectivity index (χ0v) is 24.2. The van der Waals surface area contributed by atoms with Crippen molar-refractivity contribution in [1.29, 1.82) is 10.5 Å². The predicted molar refractivity (Wildman–Crippen MR) is 137 cm³/mol. The first kappa shape index (κ1) is 33.8. The standard InChI is InChI=1S/C13H11NO2.C8H6ClN.C7H12O3.Na/c1-2-16-13(15)12-7-9(8-14)10-5-3-4-6-11(10)12;9-8-4-2-1-3-7(8)5-6-10;1-3-9-6-5-7(8)10-4-2;/h3-7,15H,2H2,1H3;1-4H,5H2;5-6H,3-4H2,1-2H3;/q;;;+1/p-1/b13-12-;;6-5-;. The van der Waals surface area contributed by atoms with Crippen LogP contribution in [0.4, 0.5) is 0 Å². The van der Waals surface area contributed by atoms with Crippen LogP contribution in [-0.2, 0) is 25.4 Å². The smallest absolute Gasteiger partial charge is 0.613 e. The zero-order chi connectivity index (χ0) is 26.8. The SMILES string of the molecule is CCO/C([O-])=C1/C=C(C#N)c2ccccc21.CCO/C=C\C(=O)OCC.N#CCc1ccccc1Cl.[Na+]. The number of benzene rings is 2. The Balaban J connectivity index is 0.000000545. The molecule has 1 aliphatic carbocycles. The van der Waals surface area contributed by atoms with E-state index in [4.69, 9.17) is 31.6 Å². The normalized spacial score (nSPS) is 12.0. The quantitative estimate of drug-likeness (QED) is 0.233. The van der Waals surface area contributed by atoms with Gasteiger partial charge in [-0.2, -0.15) is 10.5 Å². The first-order valence-electron chi connectivity index (χ1n) is 11.2. The minimum atomic E-state index is -0.375. The van der Waals surface area contributed by atoms with Crippen LogP contribution in [0.1, 0.15) is 37.5 Å². The summed E-state index contributed by atoms with van der Waals surface area (Å²) in [6.07, 6.45) is 4.56. The molecule has 0 amide bonds. The minimum absolute atomic E-state index is 0. The number of ether oxygens (including phenoxy) is 3. The number of halogens is 1. The zero-order valence-electron chi connectivity index (χ0n) is 21.5. The molecule has 0 bridgehead atoms. The molecule has 9 heteroatoms. The molecule has 0 saturated carbocycles. The molecule has 0 heterocycles. The number of fused-ring (bicyclic) bond motifs is 1. The molecule has 0 saturated heterocycles. The minimum Gasteiger partial charge on any atom is -0.613 e. The van der Waals surface area contributed by atoms with E-state index >= 15 is 0 Å². The Morgan fingerprint density at radius 1 is 0.973 bits per heavy atom. The van der Waals surface area contributed by atoms with E-state index in [2.05, 4.69) is 10.8 Å². The number of carbonyl (C=O) groups excluding carboxylic acids is 1. The summed E-state index contributed by atoms with van der Waals surface area (Å²) in [5.74, 6) is -0.740. The van der Waals surface area contributed by atoms with E-state index in [1.54, 1.807) is 26.0 Å². The number of allylic oxidation sites excluding steroid dienone is 3. The summed E-state index contributed by atoms with van der Waals surface area (Å²) in [5.41, 5.74) is 3.45. The van der Waals surface area contributed by atoms with Gasteiger partial charge in [0.2, 0.25) is 0 Å². The maximum absolute atomic E-state index is 11.7. The van der Waals surface area contributed by atoms with Crippen molar-refractivity contribution in [3.63, 3.8) is 0 Å². The van der Waals surface area contributed by atoms with Gasteiger partial charge in [0.15, 0.2) is 0 Å². The summed E-state index contributed by atoms with van der Waals surface area (Å²) in [7, 11) is 0. The fraction of sp³-hybridized carbons (Fsp3) is 0.250. The van der Waals surface area contributed by atoms with Crippen molar-refractivity contribution in [3.8, 4) is 12.1 Å². The first-order chi connectivity index (χ1) is 17.4. The van der Waals surface area contributed by atoms with Gasteiger partial charge in [-0.3, -0.25) is 0 Å². The second-order valence-electron chi connectivity index (χ2n) is 6.79. The third-order valence-electron chi connectivity index (χ3n) is 4.39. The van der Waals surface area contributed by atoms with Crippen molar-refractivity contribution in [2.75, 3.05) is 19.8 Å². The molecular formula is C28H28ClN2NaO5. The molecule has 2 aromatic carbocycles. The van der Waals surface area contributed by atoms with Gasteiger partial charge in [0.1, 0.15) is 0 Å². The van der Waals surface area contributed by atoms with Gasteiger partial charge < -0.3 is 19.3 Å². The van der Waals surface area contributed by atoms with E-state index in [1.807, 2.05) is 55.5 Å². The third-order valence-corrected chi connectivity index (χ3v) is 4.76. The van der Waals surface area contributed by atoms with E-state index in [9.17, 15) is 9.90 Å². The van der Waals surface area contributed by atoms with Crippen LogP contribution >= 0.6 is 11.6 Å². The summed E-state index contributed by atoms with van der Waals surface area (Å²) in [6, 6.07) is 18.8. The Morgan fingerprint density at radius 2 is 1.59 bits per heavy atom. The molecule has 0 spiro atoms. The van der Waals surface area contributed by atoms with Gasteiger partial charge in [0.05, 0.1) is 55.6 Å². The fourth-order valence-corrected chi connectivity index (χ4v) is 3.04. The monoisotopic (exact) mass is 530 g/mol. The second-order valence-corrected chi connectivity index (χ2v) is 7.19. The number of esters is 1. The van der Waals surface area contributed by atoms with Crippen LogP contribution < -0.4 is 34.7 Å². The number of nitriles is 2. The molecule has 188 valence electrons. The Morgan fingerprint density at radius 3 is 2.16 bits per heavy atom. The molecule has 37 heavy (non-hydrogen) atoms. The largest absolute Gasteiger partial charge is 1.00 e. The number of hydrogen-bond acceptors (Lipinski definition) is 7. The molecule has 0 aliphatic heterocycles. The van der Waals surface area contributed by atoms with Crippen molar-refractivity contribution in [3.05, 3.63) is 94.6 Å². The van der Waals surface area contributed by atoms with E-state index < -0.39 is 0 Å². The van der Waals surface area contributed by atoms with Crippen LogP contribution in [0.15, 0.2) is 72.9 Å². The second kappa shape index (κ2) is 19.9. The van der Waals surface area contributed by atoms with E-state index in [0.717, 1.165) is 16.7 Å². The van der Waals surface area contributed by atoms with Gasteiger partial charge in [-0.15, -0.1) is 0 Å². The van der Waals surface area contributed by atoms with Crippen LogP contribution in [0, 0.1) is 22.7 Å². The van der Waals surface area contributed by atoms with Crippen molar-refractivity contribution < 1.29 is 53.7 Å². The fourth-order valence-electron chi connectivity index (χ4n) is 2.84. The Kier molecular flexibility index (Phi) is 18.2. The predicted octanol–water partition coefficient (Wildman–Crippen LogP) is 2.18. The number of rotatable bonds is 7. The van der Waals surface area contributed by atoms with Gasteiger partial charge in [-0.25, -0.2) is 4.79 Å². The number of hydrogen-bond donors (Lipinski definition) is 0. The number of nitrogens with zero attached hydrogens (tertiary/aromatic N) is 2. The van der Waals surface area contributed by atoms with Crippen molar-refractivity contribution in [1.82, 2.24) is 0 Å². The first-order valence-corrected chi connectivity index (χ1v) is 11.6. The molecule has 0 atom stereocenters. The molecular weight excluding hydrogens is 503 g/mol. The molecule has 1 aliphatic rings. The van der Waals surface area contributed by atoms with Gasteiger partial charge in [0, 0.05) is 16.2 Å². The van der Waals surface area contributed by atoms with Crippen LogP contribution in [0.2, 0.25) is 5.02 Å². The number of carbonyl (C=O) groups is 1. The summed E-state index contributed by atoms with van der Waals surface area (Å²) >= 11 is 5.75. The molecule has 2 aromatic rings. The molecule has 0 N–H and O–H groups in total. The van der Waals surface area contributed by atoms with Gasteiger partial charge in [-0.05, 0) is 43.7 Å². The molecule has 0 fully saturated rings. The van der Waals surface area contributed by atoms with Gasteiger partial charge in [0.25, 0.3) is 0 Å². The molecule has 0 aromatic heterocycles.